The number of nitrogens with zero attached hydrogens (tertiary/aromatic N) is 1. The van der Waals surface area contributed by atoms with E-state index in [-0.39, 0.29) is 18.4 Å². The number of carbonyl (C=O) groups excluding carboxylic acids is 2. The normalized spacial score (nSPS) is 17.4. The molecule has 5 heteroatoms. The lowest BCUT2D eigenvalue weighted by Gasteiger charge is -2.32. The first-order valence-corrected chi connectivity index (χ1v) is 8.82. The number of benzene rings is 1. The average Bonchev–Trinajstić information content (AvgIpc) is 2.60. The van der Waals surface area contributed by atoms with Crippen molar-refractivity contribution in [3.8, 4) is 5.75 Å². The van der Waals surface area contributed by atoms with Crippen LogP contribution in [0.25, 0.3) is 0 Å². The van der Waals surface area contributed by atoms with E-state index in [9.17, 15) is 9.59 Å². The molecular formula is C19H28N2O3. The van der Waals surface area contributed by atoms with E-state index in [1.807, 2.05) is 43.0 Å². The van der Waals surface area contributed by atoms with E-state index in [2.05, 4.69) is 5.32 Å². The molecule has 1 saturated heterocycles. The molecule has 2 amide bonds. The largest absolute Gasteiger partial charge is 0.484 e. The maximum absolute atomic E-state index is 12.3. The van der Waals surface area contributed by atoms with E-state index in [1.54, 1.807) is 0 Å². The van der Waals surface area contributed by atoms with Crippen molar-refractivity contribution < 1.29 is 14.3 Å². The van der Waals surface area contributed by atoms with E-state index < -0.39 is 0 Å². The molecule has 1 aromatic carbocycles. The van der Waals surface area contributed by atoms with Gasteiger partial charge in [0.1, 0.15) is 5.75 Å². The Hall–Kier alpha value is -2.04. The summed E-state index contributed by atoms with van der Waals surface area (Å²) in [6.07, 6.45) is 3.46. The van der Waals surface area contributed by atoms with Crippen LogP contribution in [0.2, 0.25) is 0 Å². The number of hydrogen-bond acceptors (Lipinski definition) is 3. The number of amides is 2. The van der Waals surface area contributed by atoms with Gasteiger partial charge in [0.2, 0.25) is 5.91 Å². The first kappa shape index (κ1) is 18.3. The lowest BCUT2D eigenvalue weighted by Crippen LogP contribution is -2.45. The number of likely N-dealkylation sites (tertiary alicyclic amines) is 1. The smallest absolute Gasteiger partial charge is 0.260 e. The van der Waals surface area contributed by atoms with Crippen molar-refractivity contribution >= 4 is 11.8 Å². The summed E-state index contributed by atoms with van der Waals surface area (Å²) in [5.74, 6) is 1.17. The molecule has 1 aromatic rings. The highest BCUT2D eigenvalue weighted by Gasteiger charge is 2.24. The Balaban J connectivity index is 1.75. The van der Waals surface area contributed by atoms with Crippen molar-refractivity contribution in [1.29, 1.82) is 0 Å². The Morgan fingerprint density at radius 3 is 2.75 bits per heavy atom. The third kappa shape index (κ3) is 5.87. The first-order valence-electron chi connectivity index (χ1n) is 8.82. The predicted octanol–water partition coefficient (Wildman–Crippen LogP) is 2.53. The van der Waals surface area contributed by atoms with E-state index in [0.29, 0.717) is 31.2 Å². The summed E-state index contributed by atoms with van der Waals surface area (Å²) < 4.78 is 5.58. The number of ether oxygens (including phenoxy) is 1. The molecule has 0 spiro atoms. The summed E-state index contributed by atoms with van der Waals surface area (Å²) in [6.45, 7) is 6.20. The fourth-order valence-electron chi connectivity index (χ4n) is 2.90. The quantitative estimate of drug-likeness (QED) is 0.835. The molecule has 24 heavy (non-hydrogen) atoms. The molecule has 1 atom stereocenters. The Bertz CT molecular complexity index is 542. The zero-order valence-electron chi connectivity index (χ0n) is 14.7. The van der Waals surface area contributed by atoms with Crippen molar-refractivity contribution in [3.63, 3.8) is 0 Å². The van der Waals surface area contributed by atoms with Gasteiger partial charge in [-0.3, -0.25) is 9.59 Å². The van der Waals surface area contributed by atoms with Gasteiger partial charge in [0, 0.05) is 26.1 Å². The number of nitrogens with one attached hydrogen (secondary N) is 1. The van der Waals surface area contributed by atoms with Gasteiger partial charge in [0.05, 0.1) is 0 Å². The van der Waals surface area contributed by atoms with Gasteiger partial charge in [0.15, 0.2) is 6.61 Å². The van der Waals surface area contributed by atoms with Crippen LogP contribution in [0.4, 0.5) is 0 Å². The molecule has 1 unspecified atom stereocenters. The molecule has 0 saturated carbocycles. The summed E-state index contributed by atoms with van der Waals surface area (Å²) in [6, 6.07) is 7.70. The van der Waals surface area contributed by atoms with Crippen LogP contribution in [0.3, 0.4) is 0 Å². The zero-order valence-corrected chi connectivity index (χ0v) is 14.7. The highest BCUT2D eigenvalue weighted by atomic mass is 16.5. The molecule has 5 nitrogen and oxygen atoms in total. The van der Waals surface area contributed by atoms with Crippen molar-refractivity contribution in [3.05, 3.63) is 29.8 Å². The lowest BCUT2D eigenvalue weighted by atomic mass is 9.98. The minimum atomic E-state index is 0.0140. The molecule has 1 fully saturated rings. The van der Waals surface area contributed by atoms with Crippen molar-refractivity contribution in [2.24, 2.45) is 5.92 Å². The zero-order chi connectivity index (χ0) is 17.4. The van der Waals surface area contributed by atoms with Gasteiger partial charge in [-0.1, -0.05) is 24.6 Å². The van der Waals surface area contributed by atoms with E-state index in [4.69, 9.17) is 4.74 Å². The summed E-state index contributed by atoms with van der Waals surface area (Å²) in [7, 11) is 0. The van der Waals surface area contributed by atoms with Crippen LogP contribution >= 0.6 is 0 Å². The van der Waals surface area contributed by atoms with Crippen molar-refractivity contribution in [1.82, 2.24) is 10.2 Å². The molecule has 1 heterocycles. The SMILES string of the molecule is CCCC(=O)NCC1CCCN(C(=O)COc2ccc(C)cc2)C1. The molecule has 0 aliphatic carbocycles. The van der Waals surface area contributed by atoms with Gasteiger partial charge >= 0.3 is 0 Å². The number of piperidine rings is 1. The summed E-state index contributed by atoms with van der Waals surface area (Å²) >= 11 is 0. The van der Waals surface area contributed by atoms with Crippen LogP contribution in [0, 0.1) is 12.8 Å². The van der Waals surface area contributed by atoms with Crippen LogP contribution in [-0.2, 0) is 9.59 Å². The van der Waals surface area contributed by atoms with Gasteiger partial charge in [-0.15, -0.1) is 0 Å². The fourth-order valence-corrected chi connectivity index (χ4v) is 2.90. The minimum Gasteiger partial charge on any atom is -0.484 e. The van der Waals surface area contributed by atoms with Crippen LogP contribution in [0.5, 0.6) is 5.75 Å². The first-order chi connectivity index (χ1) is 11.6. The second-order valence-electron chi connectivity index (χ2n) is 6.50. The maximum Gasteiger partial charge on any atom is 0.260 e. The summed E-state index contributed by atoms with van der Waals surface area (Å²) in [5.41, 5.74) is 1.16. The molecule has 1 aliphatic heterocycles. The van der Waals surface area contributed by atoms with Crippen LogP contribution in [0.15, 0.2) is 24.3 Å². The second-order valence-corrected chi connectivity index (χ2v) is 6.50. The number of rotatable bonds is 7. The molecule has 1 aliphatic rings. The van der Waals surface area contributed by atoms with Gasteiger partial charge in [0.25, 0.3) is 5.91 Å². The summed E-state index contributed by atoms with van der Waals surface area (Å²) in [5, 5.41) is 2.97. The molecule has 132 valence electrons. The molecular weight excluding hydrogens is 304 g/mol. The lowest BCUT2D eigenvalue weighted by molar-refractivity contribution is -0.135. The molecule has 0 aromatic heterocycles. The minimum absolute atomic E-state index is 0.0140. The van der Waals surface area contributed by atoms with Gasteiger partial charge < -0.3 is 15.0 Å². The highest BCUT2D eigenvalue weighted by molar-refractivity contribution is 5.78. The number of carbonyl (C=O) groups is 2. The predicted molar refractivity (Wildman–Crippen MR) is 93.9 cm³/mol. The van der Waals surface area contributed by atoms with Crippen LogP contribution in [0.1, 0.15) is 38.2 Å². The van der Waals surface area contributed by atoms with Crippen LogP contribution < -0.4 is 10.1 Å². The number of aryl methyl sites for hydroxylation is 1. The van der Waals surface area contributed by atoms with Gasteiger partial charge in [-0.25, -0.2) is 0 Å². The Kier molecular flexibility index (Phi) is 7.09. The second kappa shape index (κ2) is 9.30. The number of hydrogen-bond donors (Lipinski definition) is 1. The van der Waals surface area contributed by atoms with Crippen molar-refractivity contribution in [2.45, 2.75) is 39.5 Å². The Morgan fingerprint density at radius 1 is 1.29 bits per heavy atom. The van der Waals surface area contributed by atoms with Crippen LogP contribution in [-0.4, -0.2) is 43.0 Å². The molecule has 2 rings (SSSR count). The monoisotopic (exact) mass is 332 g/mol. The fraction of sp³-hybridized carbons (Fsp3) is 0.579. The van der Waals surface area contributed by atoms with E-state index in [1.165, 1.54) is 0 Å². The average molecular weight is 332 g/mol. The van der Waals surface area contributed by atoms with Gasteiger partial charge in [-0.05, 0) is 44.2 Å². The van der Waals surface area contributed by atoms with E-state index >= 15 is 0 Å². The summed E-state index contributed by atoms with van der Waals surface area (Å²) in [4.78, 5) is 25.8. The molecule has 0 radical (unpaired) electrons. The van der Waals surface area contributed by atoms with E-state index in [0.717, 1.165) is 31.4 Å². The maximum atomic E-state index is 12.3. The van der Waals surface area contributed by atoms with Gasteiger partial charge in [-0.2, -0.15) is 0 Å². The third-order valence-electron chi connectivity index (χ3n) is 4.32. The standard InChI is InChI=1S/C19H28N2O3/c1-3-5-18(22)20-12-16-6-4-11-21(13-16)19(23)14-24-17-9-7-15(2)8-10-17/h7-10,16H,3-6,11-14H2,1-2H3,(H,20,22). The van der Waals surface area contributed by atoms with Crippen molar-refractivity contribution in [2.75, 3.05) is 26.2 Å². The Labute approximate surface area is 144 Å². The molecule has 1 N–H and O–H groups in total. The third-order valence-corrected chi connectivity index (χ3v) is 4.32. The Morgan fingerprint density at radius 2 is 2.04 bits per heavy atom. The molecule has 0 bridgehead atoms. The highest BCUT2D eigenvalue weighted by Crippen LogP contribution is 2.17. The topological polar surface area (TPSA) is 58.6 Å².